The van der Waals surface area contributed by atoms with Gasteiger partial charge < -0.3 is 20.3 Å². The van der Waals surface area contributed by atoms with Crippen LogP contribution in [0.3, 0.4) is 0 Å². The molecule has 2 heterocycles. The molecule has 1 unspecified atom stereocenters. The number of rotatable bonds is 2. The van der Waals surface area contributed by atoms with Crippen molar-refractivity contribution in [3.05, 3.63) is 45.6 Å². The van der Waals surface area contributed by atoms with E-state index in [0.717, 1.165) is 15.7 Å². The molecule has 2 N–H and O–H groups in total. The van der Waals surface area contributed by atoms with Crippen LogP contribution in [0.25, 0.3) is 0 Å². The third-order valence-electron chi connectivity index (χ3n) is 4.01. The van der Waals surface area contributed by atoms with Gasteiger partial charge in [-0.15, -0.1) is 0 Å². The van der Waals surface area contributed by atoms with E-state index in [1.54, 1.807) is 0 Å². The van der Waals surface area contributed by atoms with Gasteiger partial charge in [-0.1, -0.05) is 34.1 Å². The van der Waals surface area contributed by atoms with Gasteiger partial charge in [0, 0.05) is 23.3 Å². The van der Waals surface area contributed by atoms with Gasteiger partial charge in [-0.05, 0) is 30.8 Å². The van der Waals surface area contributed by atoms with Gasteiger partial charge >= 0.3 is 0 Å². The van der Waals surface area contributed by atoms with Crippen LogP contribution < -0.4 is 10.6 Å². The second-order valence-electron chi connectivity index (χ2n) is 5.50. The number of nitrogens with zero attached hydrogens (tertiary/aromatic N) is 1. The van der Waals surface area contributed by atoms with E-state index in [-0.39, 0.29) is 11.9 Å². The largest absolute Gasteiger partial charge is 0.378 e. The van der Waals surface area contributed by atoms with Crippen molar-refractivity contribution in [3.63, 3.8) is 0 Å². The number of amides is 1. The van der Waals surface area contributed by atoms with Crippen molar-refractivity contribution in [3.8, 4) is 0 Å². The maximum Gasteiger partial charge on any atom is 0.254 e. The molecule has 0 radical (unpaired) electrons. The second-order valence-corrected chi connectivity index (χ2v) is 6.76. The minimum absolute atomic E-state index is 0.0223. The number of carbonyl (C=O) groups excluding carboxylic acids is 1. The fourth-order valence-electron chi connectivity index (χ4n) is 2.86. The van der Waals surface area contributed by atoms with E-state index in [4.69, 9.17) is 17.0 Å². The molecule has 1 atom stereocenters. The summed E-state index contributed by atoms with van der Waals surface area (Å²) in [6.07, 6.45) is 0. The molecular weight excluding hydrogens is 378 g/mol. The molecule has 0 spiro atoms. The standard InChI is InChI=1S/C16H18BrN3O2S/c1-10-13(15(21)20-6-8-22-9-7-20)14(19-16(23)18-10)11-4-2-3-5-12(11)17/h2-5,14H,6-9H2,1H3,(H2,18,19,23). The molecule has 1 aromatic carbocycles. The molecule has 0 bridgehead atoms. The third-order valence-corrected chi connectivity index (χ3v) is 4.96. The Hall–Kier alpha value is -1.44. The number of carbonyl (C=O) groups is 1. The Kier molecular flexibility index (Phi) is 4.99. The Labute approximate surface area is 149 Å². The quantitative estimate of drug-likeness (QED) is 0.750. The normalized spacial score (nSPS) is 21.7. The topological polar surface area (TPSA) is 53.6 Å². The van der Waals surface area contributed by atoms with Gasteiger partial charge in [-0.25, -0.2) is 0 Å². The summed E-state index contributed by atoms with van der Waals surface area (Å²) in [5, 5.41) is 6.83. The zero-order valence-corrected chi connectivity index (χ0v) is 15.2. The Morgan fingerprint density at radius 1 is 1.35 bits per heavy atom. The van der Waals surface area contributed by atoms with E-state index in [2.05, 4.69) is 26.6 Å². The third kappa shape index (κ3) is 3.41. The lowest BCUT2D eigenvalue weighted by molar-refractivity contribution is -0.131. The monoisotopic (exact) mass is 395 g/mol. The van der Waals surface area contributed by atoms with Crippen LogP contribution in [-0.4, -0.2) is 42.2 Å². The van der Waals surface area contributed by atoms with Crippen LogP contribution in [0.1, 0.15) is 18.5 Å². The van der Waals surface area contributed by atoms with E-state index in [1.807, 2.05) is 36.1 Å². The maximum atomic E-state index is 13.0. The lowest BCUT2D eigenvalue weighted by atomic mass is 9.94. The number of morpholine rings is 1. The molecule has 0 aliphatic carbocycles. The van der Waals surface area contributed by atoms with Crippen LogP contribution in [0.4, 0.5) is 0 Å². The summed E-state index contributed by atoms with van der Waals surface area (Å²) < 4.78 is 6.29. The van der Waals surface area contributed by atoms with Crippen LogP contribution in [0.15, 0.2) is 40.0 Å². The molecule has 1 aromatic rings. The van der Waals surface area contributed by atoms with Crippen LogP contribution in [0, 0.1) is 0 Å². The lowest BCUT2D eigenvalue weighted by Crippen LogP contribution is -2.49. The number of nitrogens with one attached hydrogen (secondary N) is 2. The first-order chi connectivity index (χ1) is 11.1. The molecule has 1 amide bonds. The minimum Gasteiger partial charge on any atom is -0.378 e. The first-order valence-electron chi connectivity index (χ1n) is 7.47. The van der Waals surface area contributed by atoms with Crippen molar-refractivity contribution in [2.24, 2.45) is 0 Å². The SMILES string of the molecule is CC1=C(C(=O)N2CCOCC2)C(c2ccccc2Br)NC(=S)N1. The van der Waals surface area contributed by atoms with Crippen molar-refractivity contribution >= 4 is 39.2 Å². The highest BCUT2D eigenvalue weighted by atomic mass is 79.9. The summed E-state index contributed by atoms with van der Waals surface area (Å²) >= 11 is 8.86. The van der Waals surface area contributed by atoms with E-state index in [1.165, 1.54) is 0 Å². The Bertz CT molecular complexity index is 671. The first-order valence-corrected chi connectivity index (χ1v) is 8.68. The summed E-state index contributed by atoms with van der Waals surface area (Å²) in [6, 6.07) is 7.60. The number of benzene rings is 1. The van der Waals surface area contributed by atoms with Crippen molar-refractivity contribution in [1.29, 1.82) is 0 Å². The number of allylic oxidation sites excluding steroid dienone is 1. The molecule has 5 nitrogen and oxygen atoms in total. The van der Waals surface area contributed by atoms with E-state index in [9.17, 15) is 4.79 Å². The molecule has 7 heteroatoms. The number of hydrogen-bond acceptors (Lipinski definition) is 3. The predicted octanol–water partition coefficient (Wildman–Crippen LogP) is 2.10. The molecule has 0 aromatic heterocycles. The summed E-state index contributed by atoms with van der Waals surface area (Å²) in [5.74, 6) is 0.0223. The molecule has 122 valence electrons. The zero-order chi connectivity index (χ0) is 16.4. The molecular formula is C16H18BrN3O2S. The molecule has 2 aliphatic rings. The fraction of sp³-hybridized carbons (Fsp3) is 0.375. The van der Waals surface area contributed by atoms with E-state index >= 15 is 0 Å². The van der Waals surface area contributed by atoms with Gasteiger partial charge in [0.25, 0.3) is 5.91 Å². The Balaban J connectivity index is 1.99. The Morgan fingerprint density at radius 3 is 2.74 bits per heavy atom. The number of hydrogen-bond donors (Lipinski definition) is 2. The number of halogens is 1. The average Bonchev–Trinajstić information content (AvgIpc) is 2.55. The predicted molar refractivity (Wildman–Crippen MR) is 95.9 cm³/mol. The van der Waals surface area contributed by atoms with Gasteiger partial charge in [-0.3, -0.25) is 4.79 Å². The van der Waals surface area contributed by atoms with Crippen LogP contribution in [0.5, 0.6) is 0 Å². The van der Waals surface area contributed by atoms with Crippen molar-refractivity contribution < 1.29 is 9.53 Å². The van der Waals surface area contributed by atoms with Crippen LogP contribution in [-0.2, 0) is 9.53 Å². The molecule has 2 aliphatic heterocycles. The van der Waals surface area contributed by atoms with Crippen molar-refractivity contribution in [1.82, 2.24) is 15.5 Å². The van der Waals surface area contributed by atoms with E-state index < -0.39 is 0 Å². The second kappa shape index (κ2) is 6.98. The van der Waals surface area contributed by atoms with Gasteiger partial charge in [0.2, 0.25) is 0 Å². The minimum atomic E-state index is -0.269. The highest BCUT2D eigenvalue weighted by Crippen LogP contribution is 2.32. The van der Waals surface area contributed by atoms with E-state index in [0.29, 0.717) is 37.0 Å². The zero-order valence-electron chi connectivity index (χ0n) is 12.8. The summed E-state index contributed by atoms with van der Waals surface area (Å²) in [4.78, 5) is 14.9. The smallest absolute Gasteiger partial charge is 0.254 e. The van der Waals surface area contributed by atoms with Crippen molar-refractivity contribution in [2.75, 3.05) is 26.3 Å². The lowest BCUT2D eigenvalue weighted by Gasteiger charge is -2.35. The van der Waals surface area contributed by atoms with Gasteiger partial charge in [0.05, 0.1) is 24.8 Å². The summed E-state index contributed by atoms with van der Waals surface area (Å²) in [7, 11) is 0. The van der Waals surface area contributed by atoms with Crippen LogP contribution >= 0.6 is 28.1 Å². The number of thiocarbonyl (C=S) groups is 1. The van der Waals surface area contributed by atoms with Crippen molar-refractivity contribution in [2.45, 2.75) is 13.0 Å². The summed E-state index contributed by atoms with van der Waals surface area (Å²) in [5.41, 5.74) is 2.49. The first kappa shape index (κ1) is 16.4. The highest BCUT2D eigenvalue weighted by molar-refractivity contribution is 9.10. The maximum absolute atomic E-state index is 13.0. The molecule has 23 heavy (non-hydrogen) atoms. The van der Waals surface area contributed by atoms with Gasteiger partial charge in [0.1, 0.15) is 0 Å². The summed E-state index contributed by atoms with van der Waals surface area (Å²) in [6.45, 7) is 4.28. The molecule has 0 saturated carbocycles. The highest BCUT2D eigenvalue weighted by Gasteiger charge is 2.33. The number of ether oxygens (including phenoxy) is 1. The molecule has 3 rings (SSSR count). The van der Waals surface area contributed by atoms with Gasteiger partial charge in [-0.2, -0.15) is 0 Å². The fourth-order valence-corrected chi connectivity index (χ4v) is 3.64. The molecule has 1 fully saturated rings. The molecule has 1 saturated heterocycles. The Morgan fingerprint density at radius 2 is 2.04 bits per heavy atom. The van der Waals surface area contributed by atoms with Gasteiger partial charge in [0.15, 0.2) is 5.11 Å². The van der Waals surface area contributed by atoms with Crippen LogP contribution in [0.2, 0.25) is 0 Å². The average molecular weight is 396 g/mol.